The first-order chi connectivity index (χ1) is 7.04. The maximum absolute atomic E-state index is 9.25. The first-order valence-corrected chi connectivity index (χ1v) is 4.48. The molecule has 1 unspecified atom stereocenters. The minimum Gasteiger partial charge on any atom is -0.394 e. The van der Waals surface area contributed by atoms with Crippen LogP contribution in [-0.4, -0.2) is 77.1 Å². The highest BCUT2D eigenvalue weighted by molar-refractivity contribution is 4.76. The molecule has 0 fully saturated rings. The molecule has 92 valence electrons. The molecule has 15 heavy (non-hydrogen) atoms. The molecule has 0 aromatic rings. The summed E-state index contributed by atoms with van der Waals surface area (Å²) in [4.78, 5) is 0. The summed E-state index contributed by atoms with van der Waals surface area (Å²) >= 11 is 0. The highest BCUT2D eigenvalue weighted by Gasteiger charge is 2.30. The zero-order valence-corrected chi connectivity index (χ0v) is 8.48. The number of aliphatic hydroxyl groups is 5. The summed E-state index contributed by atoms with van der Waals surface area (Å²) in [5, 5.41) is 45.1. The summed E-state index contributed by atoms with van der Waals surface area (Å²) in [6, 6.07) is 0. The van der Waals surface area contributed by atoms with Crippen LogP contribution in [0.3, 0.4) is 0 Å². The van der Waals surface area contributed by atoms with Crippen molar-refractivity contribution < 1.29 is 35.0 Å². The molecular formula is C8H18O7. The lowest BCUT2D eigenvalue weighted by atomic mass is 10.1. The summed E-state index contributed by atoms with van der Waals surface area (Å²) in [7, 11) is 1.44. The number of hydrogen-bond acceptors (Lipinski definition) is 7. The Morgan fingerprint density at radius 3 is 2.07 bits per heavy atom. The zero-order chi connectivity index (χ0) is 11.8. The van der Waals surface area contributed by atoms with Crippen LogP contribution in [0.25, 0.3) is 0 Å². The molecular weight excluding hydrogens is 208 g/mol. The first kappa shape index (κ1) is 14.7. The number of methoxy groups -OCH3 is 1. The first-order valence-electron chi connectivity index (χ1n) is 4.48. The summed E-state index contributed by atoms with van der Waals surface area (Å²) < 4.78 is 9.32. The number of rotatable bonds is 8. The van der Waals surface area contributed by atoms with E-state index in [1.165, 1.54) is 7.11 Å². The normalized spacial score (nSPS) is 19.6. The van der Waals surface area contributed by atoms with Gasteiger partial charge in [0.25, 0.3) is 0 Å². The van der Waals surface area contributed by atoms with Gasteiger partial charge >= 0.3 is 0 Å². The topological polar surface area (TPSA) is 120 Å². The smallest absolute Gasteiger partial charge is 0.183 e. The van der Waals surface area contributed by atoms with E-state index < -0.39 is 31.2 Å². The molecule has 0 saturated carbocycles. The Labute approximate surface area is 87.5 Å². The Bertz CT molecular complexity index is 154. The van der Waals surface area contributed by atoms with E-state index in [0.717, 1.165) is 0 Å². The van der Waals surface area contributed by atoms with E-state index in [0.29, 0.717) is 0 Å². The molecule has 0 spiro atoms. The highest BCUT2D eigenvalue weighted by Crippen LogP contribution is 2.05. The van der Waals surface area contributed by atoms with Crippen LogP contribution in [0, 0.1) is 0 Å². The van der Waals surface area contributed by atoms with E-state index in [4.69, 9.17) is 10.2 Å². The lowest BCUT2D eigenvalue weighted by molar-refractivity contribution is -0.207. The van der Waals surface area contributed by atoms with Crippen molar-refractivity contribution in [1.82, 2.24) is 0 Å². The van der Waals surface area contributed by atoms with Gasteiger partial charge in [0, 0.05) is 7.11 Å². The van der Waals surface area contributed by atoms with Gasteiger partial charge in [-0.3, -0.25) is 0 Å². The lowest BCUT2D eigenvalue weighted by Crippen LogP contribution is -2.46. The number of aliphatic hydroxyl groups excluding tert-OH is 5. The van der Waals surface area contributed by atoms with Crippen LogP contribution in [-0.2, 0) is 9.47 Å². The predicted molar refractivity (Wildman–Crippen MR) is 48.9 cm³/mol. The van der Waals surface area contributed by atoms with Gasteiger partial charge in [-0.05, 0) is 0 Å². The van der Waals surface area contributed by atoms with Crippen molar-refractivity contribution in [2.24, 2.45) is 0 Å². The minimum atomic E-state index is -1.69. The third-order valence-electron chi connectivity index (χ3n) is 1.80. The zero-order valence-electron chi connectivity index (χ0n) is 8.48. The van der Waals surface area contributed by atoms with Gasteiger partial charge in [-0.25, -0.2) is 0 Å². The van der Waals surface area contributed by atoms with Crippen LogP contribution in [0.2, 0.25) is 0 Å². The summed E-state index contributed by atoms with van der Waals surface area (Å²) in [6.07, 6.45) is -6.53. The number of hydrogen-bond donors (Lipinski definition) is 5. The fourth-order valence-electron chi connectivity index (χ4n) is 0.855. The van der Waals surface area contributed by atoms with Crippen molar-refractivity contribution in [1.29, 1.82) is 0 Å². The summed E-state index contributed by atoms with van der Waals surface area (Å²) in [5.41, 5.74) is 0. The Morgan fingerprint density at radius 2 is 1.60 bits per heavy atom. The molecule has 5 N–H and O–H groups in total. The van der Waals surface area contributed by atoms with Crippen molar-refractivity contribution in [2.45, 2.75) is 24.6 Å². The van der Waals surface area contributed by atoms with Crippen molar-refractivity contribution >= 4 is 0 Å². The van der Waals surface area contributed by atoms with E-state index in [1.807, 2.05) is 0 Å². The van der Waals surface area contributed by atoms with Crippen molar-refractivity contribution in [3.05, 3.63) is 0 Å². The molecule has 7 nitrogen and oxygen atoms in total. The Kier molecular flexibility index (Phi) is 7.79. The van der Waals surface area contributed by atoms with Crippen molar-refractivity contribution in [3.63, 3.8) is 0 Å². The second-order valence-corrected chi connectivity index (χ2v) is 2.99. The summed E-state index contributed by atoms with van der Waals surface area (Å²) in [6.45, 7) is -0.456. The SMILES string of the molecule is COCCOC(O)[C@H](O)[C@H](O)[C@H](O)CO. The fraction of sp³-hybridized carbons (Fsp3) is 1.00. The molecule has 0 aliphatic rings. The van der Waals surface area contributed by atoms with E-state index in [1.54, 1.807) is 0 Å². The van der Waals surface area contributed by atoms with E-state index in [9.17, 15) is 15.3 Å². The standard InChI is InChI=1S/C8H18O7/c1-14-2-3-15-8(13)7(12)6(11)5(10)4-9/h5-13H,2-4H2,1H3/t5-,6-,7-,8?/m1/s1. The van der Waals surface area contributed by atoms with Crippen LogP contribution in [0.1, 0.15) is 0 Å². The molecule has 0 aliphatic heterocycles. The van der Waals surface area contributed by atoms with Crippen LogP contribution >= 0.6 is 0 Å². The van der Waals surface area contributed by atoms with Crippen molar-refractivity contribution in [2.75, 3.05) is 26.9 Å². The molecule has 7 heteroatoms. The number of ether oxygens (including phenoxy) is 2. The monoisotopic (exact) mass is 226 g/mol. The maximum Gasteiger partial charge on any atom is 0.183 e. The van der Waals surface area contributed by atoms with E-state index in [-0.39, 0.29) is 13.2 Å². The molecule has 0 rings (SSSR count). The Morgan fingerprint density at radius 1 is 1.00 bits per heavy atom. The third-order valence-corrected chi connectivity index (χ3v) is 1.80. The van der Waals surface area contributed by atoms with E-state index in [2.05, 4.69) is 9.47 Å². The van der Waals surface area contributed by atoms with Gasteiger partial charge in [-0.15, -0.1) is 0 Å². The lowest BCUT2D eigenvalue weighted by Gasteiger charge is -2.25. The molecule has 4 atom stereocenters. The molecule has 0 aliphatic carbocycles. The van der Waals surface area contributed by atoms with Gasteiger partial charge in [0.15, 0.2) is 6.29 Å². The van der Waals surface area contributed by atoms with Crippen LogP contribution in [0.5, 0.6) is 0 Å². The quantitative estimate of drug-likeness (QED) is 0.221. The molecule has 0 aromatic carbocycles. The van der Waals surface area contributed by atoms with Gasteiger partial charge in [0.2, 0.25) is 0 Å². The molecule has 0 heterocycles. The minimum absolute atomic E-state index is 0.0384. The molecule has 0 saturated heterocycles. The van der Waals surface area contributed by atoms with Crippen molar-refractivity contribution in [3.8, 4) is 0 Å². The Balaban J connectivity index is 3.90. The summed E-state index contributed by atoms with van der Waals surface area (Å²) in [5.74, 6) is 0. The average Bonchev–Trinajstić information content (AvgIpc) is 2.26. The van der Waals surface area contributed by atoms with Gasteiger partial charge < -0.3 is 35.0 Å². The van der Waals surface area contributed by atoms with Crippen LogP contribution in [0.15, 0.2) is 0 Å². The molecule has 0 aromatic heterocycles. The fourth-order valence-corrected chi connectivity index (χ4v) is 0.855. The van der Waals surface area contributed by atoms with Gasteiger partial charge in [-0.2, -0.15) is 0 Å². The van der Waals surface area contributed by atoms with Gasteiger partial charge in [-0.1, -0.05) is 0 Å². The second kappa shape index (κ2) is 7.94. The van der Waals surface area contributed by atoms with Crippen LogP contribution < -0.4 is 0 Å². The van der Waals surface area contributed by atoms with Crippen LogP contribution in [0.4, 0.5) is 0 Å². The van der Waals surface area contributed by atoms with Gasteiger partial charge in [0.1, 0.15) is 18.3 Å². The third kappa shape index (κ3) is 5.38. The molecule has 0 bridgehead atoms. The molecule has 0 radical (unpaired) electrons. The molecule has 0 amide bonds. The highest BCUT2D eigenvalue weighted by atomic mass is 16.6. The van der Waals surface area contributed by atoms with Gasteiger partial charge in [0.05, 0.1) is 19.8 Å². The van der Waals surface area contributed by atoms with E-state index >= 15 is 0 Å². The average molecular weight is 226 g/mol. The maximum atomic E-state index is 9.25. The largest absolute Gasteiger partial charge is 0.394 e. The Hall–Kier alpha value is -0.280. The second-order valence-electron chi connectivity index (χ2n) is 2.99. The predicted octanol–water partition coefficient (Wildman–Crippen LogP) is -2.96.